The lowest BCUT2D eigenvalue weighted by Gasteiger charge is -2.05. The fourth-order valence-corrected chi connectivity index (χ4v) is 2.71. The van der Waals surface area contributed by atoms with E-state index in [2.05, 4.69) is 20.9 Å². The summed E-state index contributed by atoms with van der Waals surface area (Å²) in [5.41, 5.74) is 0.815. The van der Waals surface area contributed by atoms with E-state index in [0.29, 0.717) is 28.0 Å². The van der Waals surface area contributed by atoms with Crippen molar-refractivity contribution in [1.82, 2.24) is 4.98 Å². The van der Waals surface area contributed by atoms with Crippen molar-refractivity contribution in [3.63, 3.8) is 0 Å². The van der Waals surface area contributed by atoms with Gasteiger partial charge < -0.3 is 13.9 Å². The van der Waals surface area contributed by atoms with Gasteiger partial charge >= 0.3 is 5.63 Å². The lowest BCUT2D eigenvalue weighted by molar-refractivity contribution is 0.174. The van der Waals surface area contributed by atoms with E-state index in [-0.39, 0.29) is 12.7 Å². The molecule has 0 bridgehead atoms. The molecule has 104 valence electrons. The molecule has 0 radical (unpaired) electrons. The number of rotatable bonds is 1. The normalized spacial score (nSPS) is 12.8. The number of ether oxygens (including phenoxy) is 2. The van der Waals surface area contributed by atoms with Gasteiger partial charge in [-0.3, -0.25) is 0 Å². The Labute approximate surface area is 127 Å². The number of fused-ring (bicyclic) bond motifs is 2. The molecule has 0 saturated carbocycles. The Balaban J connectivity index is 1.97. The molecule has 0 aliphatic carbocycles. The van der Waals surface area contributed by atoms with E-state index >= 15 is 0 Å². The van der Waals surface area contributed by atoms with Gasteiger partial charge in [0.1, 0.15) is 0 Å². The van der Waals surface area contributed by atoms with Crippen LogP contribution in [-0.4, -0.2) is 11.8 Å². The summed E-state index contributed by atoms with van der Waals surface area (Å²) < 4.78 is 16.7. The summed E-state index contributed by atoms with van der Waals surface area (Å²) >= 11 is 3.44. The van der Waals surface area contributed by atoms with Gasteiger partial charge in [-0.05, 0) is 40.2 Å². The maximum atomic E-state index is 12.0. The third-order valence-electron chi connectivity index (χ3n) is 3.23. The highest BCUT2D eigenvalue weighted by Crippen LogP contribution is 2.40. The first-order valence-electron chi connectivity index (χ1n) is 6.22. The zero-order valence-electron chi connectivity index (χ0n) is 10.6. The number of para-hydroxylation sites is 1. The number of hydrogen-bond acceptors (Lipinski definition) is 5. The quantitative estimate of drug-likeness (QED) is 0.676. The van der Waals surface area contributed by atoms with Crippen molar-refractivity contribution in [1.29, 1.82) is 0 Å². The Bertz CT molecular complexity index is 919. The van der Waals surface area contributed by atoms with Crippen LogP contribution in [0.25, 0.3) is 22.4 Å². The van der Waals surface area contributed by atoms with Crippen molar-refractivity contribution < 1.29 is 13.9 Å². The highest BCUT2D eigenvalue weighted by molar-refractivity contribution is 9.10. The van der Waals surface area contributed by atoms with Crippen LogP contribution >= 0.6 is 15.9 Å². The first kappa shape index (κ1) is 12.4. The molecule has 2 aromatic carbocycles. The zero-order valence-corrected chi connectivity index (χ0v) is 12.2. The number of hydrogen-bond donors (Lipinski definition) is 0. The summed E-state index contributed by atoms with van der Waals surface area (Å²) in [7, 11) is 0. The lowest BCUT2D eigenvalue weighted by atomic mass is 10.2. The molecule has 5 nitrogen and oxygen atoms in total. The van der Waals surface area contributed by atoms with Gasteiger partial charge in [0.25, 0.3) is 0 Å². The summed E-state index contributed by atoms with van der Waals surface area (Å²) in [5.74, 6) is 1.49. The molecule has 1 aromatic heterocycles. The SMILES string of the molecule is O=c1oc(-c2cc3c(cc2Br)OCO3)nc2ccccc12. The van der Waals surface area contributed by atoms with Crippen LogP contribution in [0, 0.1) is 0 Å². The van der Waals surface area contributed by atoms with Gasteiger partial charge in [0.2, 0.25) is 12.7 Å². The molecule has 0 amide bonds. The summed E-state index contributed by atoms with van der Waals surface area (Å²) in [6.07, 6.45) is 0. The first-order valence-corrected chi connectivity index (χ1v) is 7.01. The first-order chi connectivity index (χ1) is 10.2. The maximum Gasteiger partial charge on any atom is 0.347 e. The average Bonchev–Trinajstić information content (AvgIpc) is 2.93. The Kier molecular flexibility index (Phi) is 2.71. The van der Waals surface area contributed by atoms with E-state index in [9.17, 15) is 4.79 Å². The van der Waals surface area contributed by atoms with Crippen LogP contribution < -0.4 is 15.1 Å². The standard InChI is InChI=1S/C15H8BrNO4/c16-10-6-13-12(19-7-20-13)5-9(10)14-17-11-4-2-1-3-8(11)15(18)21-14/h1-6H,7H2. The van der Waals surface area contributed by atoms with Crippen LogP contribution in [0.15, 0.2) is 50.1 Å². The van der Waals surface area contributed by atoms with Gasteiger partial charge in [-0.1, -0.05) is 12.1 Å². The van der Waals surface area contributed by atoms with Gasteiger partial charge in [0.15, 0.2) is 11.5 Å². The van der Waals surface area contributed by atoms with Crippen molar-refractivity contribution >= 4 is 26.8 Å². The Morgan fingerprint density at radius 2 is 1.86 bits per heavy atom. The van der Waals surface area contributed by atoms with E-state index in [4.69, 9.17) is 13.9 Å². The fraction of sp³-hybridized carbons (Fsp3) is 0.0667. The van der Waals surface area contributed by atoms with Crippen molar-refractivity contribution in [3.8, 4) is 23.0 Å². The van der Waals surface area contributed by atoms with Crippen molar-refractivity contribution in [2.75, 3.05) is 6.79 Å². The van der Waals surface area contributed by atoms with Crippen LogP contribution in [-0.2, 0) is 0 Å². The summed E-state index contributed by atoms with van der Waals surface area (Å²) in [4.78, 5) is 16.4. The highest BCUT2D eigenvalue weighted by Gasteiger charge is 2.19. The predicted molar refractivity (Wildman–Crippen MR) is 79.5 cm³/mol. The van der Waals surface area contributed by atoms with Gasteiger partial charge in [0.05, 0.1) is 16.5 Å². The molecule has 0 spiro atoms. The molecule has 21 heavy (non-hydrogen) atoms. The molecule has 0 fully saturated rings. The molecule has 4 rings (SSSR count). The maximum absolute atomic E-state index is 12.0. The van der Waals surface area contributed by atoms with E-state index in [1.165, 1.54) is 0 Å². The largest absolute Gasteiger partial charge is 0.454 e. The molecule has 3 aromatic rings. The molecule has 2 heterocycles. The third-order valence-corrected chi connectivity index (χ3v) is 3.88. The van der Waals surface area contributed by atoms with Gasteiger partial charge in [-0.2, -0.15) is 0 Å². The summed E-state index contributed by atoms with van der Waals surface area (Å²) in [6, 6.07) is 10.6. The Hall–Kier alpha value is -2.34. The monoisotopic (exact) mass is 345 g/mol. The Morgan fingerprint density at radius 3 is 2.71 bits per heavy atom. The van der Waals surface area contributed by atoms with Gasteiger partial charge in [-0.25, -0.2) is 9.78 Å². The second-order valence-electron chi connectivity index (χ2n) is 4.51. The molecule has 1 aliphatic heterocycles. The molecule has 1 aliphatic rings. The number of nitrogens with zero attached hydrogens (tertiary/aromatic N) is 1. The van der Waals surface area contributed by atoms with Crippen molar-refractivity contribution in [3.05, 3.63) is 51.3 Å². The van der Waals surface area contributed by atoms with E-state index < -0.39 is 5.63 Å². The van der Waals surface area contributed by atoms with Crippen LogP contribution in [0.4, 0.5) is 0 Å². The van der Waals surface area contributed by atoms with E-state index in [1.807, 2.05) is 6.07 Å². The molecule has 0 atom stereocenters. The number of aromatic nitrogens is 1. The van der Waals surface area contributed by atoms with Crippen molar-refractivity contribution in [2.24, 2.45) is 0 Å². The molecule has 0 N–H and O–H groups in total. The Morgan fingerprint density at radius 1 is 1.10 bits per heavy atom. The van der Waals surface area contributed by atoms with Crippen LogP contribution in [0.3, 0.4) is 0 Å². The van der Waals surface area contributed by atoms with E-state index in [1.54, 1.807) is 30.3 Å². The second kappa shape index (κ2) is 4.60. The van der Waals surface area contributed by atoms with Crippen LogP contribution in [0.2, 0.25) is 0 Å². The smallest absolute Gasteiger partial charge is 0.347 e. The molecule has 6 heteroatoms. The lowest BCUT2D eigenvalue weighted by Crippen LogP contribution is -2.02. The minimum Gasteiger partial charge on any atom is -0.454 e. The summed E-state index contributed by atoms with van der Waals surface area (Å²) in [6.45, 7) is 0.181. The van der Waals surface area contributed by atoms with Crippen LogP contribution in [0.5, 0.6) is 11.5 Å². The summed E-state index contributed by atoms with van der Waals surface area (Å²) in [5, 5.41) is 0.457. The van der Waals surface area contributed by atoms with E-state index in [0.717, 1.165) is 4.47 Å². The number of benzene rings is 2. The highest BCUT2D eigenvalue weighted by atomic mass is 79.9. The van der Waals surface area contributed by atoms with Crippen molar-refractivity contribution in [2.45, 2.75) is 0 Å². The molecular formula is C15H8BrNO4. The topological polar surface area (TPSA) is 61.6 Å². The van der Waals surface area contributed by atoms with Gasteiger partial charge in [0, 0.05) is 4.47 Å². The molecule has 0 unspecified atom stereocenters. The minimum atomic E-state index is -0.417. The third kappa shape index (κ3) is 1.99. The fourth-order valence-electron chi connectivity index (χ4n) is 2.22. The molecular weight excluding hydrogens is 338 g/mol. The van der Waals surface area contributed by atoms with Gasteiger partial charge in [-0.15, -0.1) is 0 Å². The van der Waals surface area contributed by atoms with Crippen LogP contribution in [0.1, 0.15) is 0 Å². The number of halogens is 1. The average molecular weight is 346 g/mol. The zero-order chi connectivity index (χ0) is 14.4. The minimum absolute atomic E-state index is 0.181. The second-order valence-corrected chi connectivity index (χ2v) is 5.36. The predicted octanol–water partition coefficient (Wildman–Crippen LogP) is 3.35. The molecule has 0 saturated heterocycles.